The fourth-order valence-corrected chi connectivity index (χ4v) is 5.64. The predicted molar refractivity (Wildman–Crippen MR) is 147 cm³/mol. The molecule has 0 spiro atoms. The number of hydrogen-bond acceptors (Lipinski definition) is 6. The molecule has 0 atom stereocenters. The van der Waals surface area contributed by atoms with Crippen molar-refractivity contribution in [3.8, 4) is 33.8 Å². The van der Waals surface area contributed by atoms with Gasteiger partial charge in [0.1, 0.15) is 11.5 Å². The lowest BCUT2D eigenvalue weighted by Crippen LogP contribution is -2.40. The van der Waals surface area contributed by atoms with Crippen LogP contribution in [-0.4, -0.2) is 60.3 Å². The molecular formula is C26H24IN3O4S. The van der Waals surface area contributed by atoms with Crippen LogP contribution < -0.4 is 9.47 Å². The number of benzene rings is 2. The lowest BCUT2D eigenvalue weighted by molar-refractivity contribution is 0.0303. The van der Waals surface area contributed by atoms with Crippen LogP contribution in [0.25, 0.3) is 33.3 Å². The van der Waals surface area contributed by atoms with E-state index in [4.69, 9.17) is 19.2 Å². The van der Waals surface area contributed by atoms with Crippen molar-refractivity contribution in [3.63, 3.8) is 0 Å². The molecule has 1 saturated heterocycles. The van der Waals surface area contributed by atoms with Gasteiger partial charge < -0.3 is 19.1 Å². The number of halogens is 1. The first-order valence-corrected chi connectivity index (χ1v) is 14.4. The third-order valence-corrected chi connectivity index (χ3v) is 7.82. The Hall–Kier alpha value is -2.76. The molecule has 180 valence electrons. The van der Waals surface area contributed by atoms with Crippen LogP contribution in [-0.2, 0) is 4.74 Å². The van der Waals surface area contributed by atoms with Crippen molar-refractivity contribution in [1.82, 2.24) is 13.9 Å². The molecule has 3 heterocycles. The maximum Gasteiger partial charge on any atom is 0.254 e. The van der Waals surface area contributed by atoms with Crippen molar-refractivity contribution in [2.75, 3.05) is 40.5 Å². The minimum absolute atomic E-state index is 0.0242. The first-order valence-electron chi connectivity index (χ1n) is 11.1. The highest BCUT2D eigenvalue weighted by Gasteiger charge is 2.21. The number of fused-ring (bicyclic) bond motifs is 1. The quantitative estimate of drug-likeness (QED) is 0.264. The van der Waals surface area contributed by atoms with Gasteiger partial charge in [-0.3, -0.25) is 8.77 Å². The van der Waals surface area contributed by atoms with Crippen LogP contribution in [0.5, 0.6) is 11.5 Å². The van der Waals surface area contributed by atoms with Crippen LogP contribution in [0.2, 0.25) is 0 Å². The van der Waals surface area contributed by atoms with Gasteiger partial charge in [0.05, 0.1) is 33.0 Å². The van der Waals surface area contributed by atoms with Gasteiger partial charge in [-0.05, 0) is 35.9 Å². The molecule has 4 aromatic rings. The highest BCUT2D eigenvalue weighted by atomic mass is 127. The number of aromatic nitrogens is 2. The van der Waals surface area contributed by atoms with Gasteiger partial charge in [0, 0.05) is 77.9 Å². The summed E-state index contributed by atoms with van der Waals surface area (Å²) in [7, 11) is 4.86. The van der Waals surface area contributed by atoms with Gasteiger partial charge in [0.2, 0.25) is 0 Å². The monoisotopic (exact) mass is 601 g/mol. The van der Waals surface area contributed by atoms with Gasteiger partial charge in [-0.2, -0.15) is 0 Å². The van der Waals surface area contributed by atoms with Gasteiger partial charge in [-0.1, -0.05) is 18.2 Å². The Morgan fingerprint density at radius 3 is 2.43 bits per heavy atom. The zero-order chi connectivity index (χ0) is 24.4. The van der Waals surface area contributed by atoms with E-state index in [1.54, 1.807) is 23.3 Å². The molecule has 9 heteroatoms. The zero-order valence-corrected chi connectivity index (χ0v) is 22.3. The van der Waals surface area contributed by atoms with Crippen molar-refractivity contribution in [2.45, 2.75) is 0 Å². The SMILES string of the molecule is COc1cccc(OC)c1-c1cn(SI)c2ncc(-c3cccc(C(=O)N4CCOCC4)c3)cc12. The topological polar surface area (TPSA) is 65.8 Å². The van der Waals surface area contributed by atoms with Gasteiger partial charge in [-0.15, -0.1) is 0 Å². The Bertz CT molecular complexity index is 1360. The van der Waals surface area contributed by atoms with Crippen LogP contribution >= 0.6 is 30.3 Å². The van der Waals surface area contributed by atoms with E-state index >= 15 is 0 Å². The number of amides is 1. The second-order valence-electron chi connectivity index (χ2n) is 8.06. The minimum atomic E-state index is 0.0242. The van der Waals surface area contributed by atoms with Crippen molar-refractivity contribution >= 4 is 47.3 Å². The smallest absolute Gasteiger partial charge is 0.254 e. The first kappa shape index (κ1) is 24.0. The molecule has 1 aliphatic heterocycles. The number of ether oxygens (including phenoxy) is 3. The molecule has 7 nitrogen and oxygen atoms in total. The molecule has 0 aliphatic carbocycles. The molecule has 2 aromatic carbocycles. The van der Waals surface area contributed by atoms with Crippen molar-refractivity contribution < 1.29 is 19.0 Å². The molecule has 5 rings (SSSR count). The lowest BCUT2D eigenvalue weighted by atomic mass is 9.99. The predicted octanol–water partition coefficient (Wildman–Crippen LogP) is 5.71. The summed E-state index contributed by atoms with van der Waals surface area (Å²) in [6.07, 6.45) is 3.91. The number of pyridine rings is 1. The molecule has 1 fully saturated rings. The van der Waals surface area contributed by atoms with Crippen molar-refractivity contribution in [2.24, 2.45) is 0 Å². The van der Waals surface area contributed by atoms with Crippen LogP contribution in [0.4, 0.5) is 0 Å². The van der Waals surface area contributed by atoms with E-state index in [1.807, 2.05) is 57.5 Å². The summed E-state index contributed by atoms with van der Waals surface area (Å²) in [4.78, 5) is 19.7. The summed E-state index contributed by atoms with van der Waals surface area (Å²) in [6.45, 7) is 2.38. The summed E-state index contributed by atoms with van der Waals surface area (Å²) < 4.78 is 18.8. The molecule has 2 aromatic heterocycles. The fourth-order valence-electron chi connectivity index (χ4n) is 4.39. The highest BCUT2D eigenvalue weighted by Crippen LogP contribution is 2.44. The average molecular weight is 601 g/mol. The molecule has 1 amide bonds. The summed E-state index contributed by atoms with van der Waals surface area (Å²) in [5.41, 5.74) is 5.22. The van der Waals surface area contributed by atoms with E-state index in [0.717, 1.165) is 44.8 Å². The number of hydrogen-bond donors (Lipinski definition) is 0. The summed E-state index contributed by atoms with van der Waals surface area (Å²) in [5.74, 6) is 1.48. The highest BCUT2D eigenvalue weighted by molar-refractivity contribution is 14.2. The van der Waals surface area contributed by atoms with Gasteiger partial charge in [0.25, 0.3) is 5.91 Å². The molecule has 1 aliphatic rings. The molecule has 35 heavy (non-hydrogen) atoms. The number of morpholine rings is 1. The number of methoxy groups -OCH3 is 2. The summed E-state index contributed by atoms with van der Waals surface area (Å²) >= 11 is 2.25. The molecule has 0 radical (unpaired) electrons. The van der Waals surface area contributed by atoms with Crippen LogP contribution in [0.15, 0.2) is 60.9 Å². The van der Waals surface area contributed by atoms with E-state index in [2.05, 4.69) is 33.5 Å². The lowest BCUT2D eigenvalue weighted by Gasteiger charge is -2.27. The van der Waals surface area contributed by atoms with Crippen LogP contribution in [0.3, 0.4) is 0 Å². The average Bonchev–Trinajstić information content (AvgIpc) is 3.30. The van der Waals surface area contributed by atoms with E-state index in [-0.39, 0.29) is 5.91 Å². The van der Waals surface area contributed by atoms with Gasteiger partial charge in [0.15, 0.2) is 5.65 Å². The van der Waals surface area contributed by atoms with E-state index in [0.29, 0.717) is 31.9 Å². The normalized spacial score (nSPS) is 13.7. The Labute approximate surface area is 220 Å². The Kier molecular flexibility index (Phi) is 7.17. The fraction of sp³-hybridized carbons (Fsp3) is 0.231. The molecule has 0 saturated carbocycles. The Balaban J connectivity index is 1.61. The van der Waals surface area contributed by atoms with Crippen LogP contribution in [0.1, 0.15) is 10.4 Å². The minimum Gasteiger partial charge on any atom is -0.496 e. The molecular weight excluding hydrogens is 577 g/mol. The van der Waals surface area contributed by atoms with Gasteiger partial charge in [-0.25, -0.2) is 4.98 Å². The number of carbonyl (C=O) groups is 1. The molecule has 0 bridgehead atoms. The van der Waals surface area contributed by atoms with E-state index < -0.39 is 0 Å². The van der Waals surface area contributed by atoms with E-state index in [9.17, 15) is 4.79 Å². The first-order chi connectivity index (χ1) is 17.1. The molecule has 0 unspecified atom stereocenters. The van der Waals surface area contributed by atoms with Crippen molar-refractivity contribution in [1.29, 1.82) is 0 Å². The number of nitrogens with zero attached hydrogens (tertiary/aromatic N) is 3. The summed E-state index contributed by atoms with van der Waals surface area (Å²) in [6, 6.07) is 15.6. The Morgan fingerprint density at radius 2 is 1.74 bits per heavy atom. The third kappa shape index (κ3) is 4.60. The maximum absolute atomic E-state index is 13.0. The third-order valence-electron chi connectivity index (χ3n) is 6.12. The summed E-state index contributed by atoms with van der Waals surface area (Å²) in [5, 5.41) is 0.972. The maximum atomic E-state index is 13.0. The second-order valence-corrected chi connectivity index (χ2v) is 9.77. The Morgan fingerprint density at radius 1 is 1.03 bits per heavy atom. The largest absolute Gasteiger partial charge is 0.496 e. The second kappa shape index (κ2) is 10.5. The zero-order valence-electron chi connectivity index (χ0n) is 19.4. The number of rotatable bonds is 6. The standard InChI is InChI=1S/C26H24IN3O4S/c1-32-22-7-4-8-23(33-2)24(22)21-16-30(35-27)25-20(21)14-19(15-28-25)17-5-3-6-18(13-17)26(31)29-9-11-34-12-10-29/h3-8,13-16H,9-12H2,1-2H3. The molecule has 0 N–H and O–H groups in total. The van der Waals surface area contributed by atoms with Crippen LogP contribution in [0, 0.1) is 0 Å². The van der Waals surface area contributed by atoms with Gasteiger partial charge >= 0.3 is 0 Å². The van der Waals surface area contributed by atoms with E-state index in [1.165, 1.54) is 0 Å². The van der Waals surface area contributed by atoms with Crippen molar-refractivity contribution in [3.05, 3.63) is 66.5 Å². The number of carbonyl (C=O) groups excluding carboxylic acids is 1.